The highest BCUT2D eigenvalue weighted by Crippen LogP contribution is 2.25. The number of aromatic amines is 1. The van der Waals surface area contributed by atoms with E-state index < -0.39 is 10.0 Å². The van der Waals surface area contributed by atoms with Crippen LogP contribution >= 0.6 is 12.2 Å². The van der Waals surface area contributed by atoms with Gasteiger partial charge in [0.25, 0.3) is 0 Å². The summed E-state index contributed by atoms with van der Waals surface area (Å²) in [6.45, 7) is 3.31. The minimum atomic E-state index is -3.77. The van der Waals surface area contributed by atoms with Crippen molar-refractivity contribution in [1.82, 2.24) is 24.4 Å². The van der Waals surface area contributed by atoms with Crippen molar-refractivity contribution in [3.8, 4) is 6.07 Å². The maximum absolute atomic E-state index is 12.9. The maximum atomic E-state index is 12.9. The van der Waals surface area contributed by atoms with Gasteiger partial charge in [-0.1, -0.05) is 12.1 Å². The van der Waals surface area contributed by atoms with Crippen molar-refractivity contribution in [1.29, 1.82) is 5.26 Å². The van der Waals surface area contributed by atoms with E-state index in [0.717, 1.165) is 0 Å². The van der Waals surface area contributed by atoms with Crippen LogP contribution in [0.4, 0.5) is 0 Å². The van der Waals surface area contributed by atoms with Crippen LogP contribution in [0.3, 0.4) is 0 Å². The van der Waals surface area contributed by atoms with Gasteiger partial charge in [-0.15, -0.1) is 0 Å². The van der Waals surface area contributed by atoms with E-state index in [4.69, 9.17) is 12.2 Å². The van der Waals surface area contributed by atoms with E-state index >= 15 is 0 Å². The topological polar surface area (TPSA) is 124 Å². The third-order valence-electron chi connectivity index (χ3n) is 5.02. The molecule has 1 aromatic carbocycles. The number of carbonyl (C=O) groups excluding carboxylic acids is 1. The zero-order valence-corrected chi connectivity index (χ0v) is 17.6. The smallest absolute Gasteiger partial charge is 0.244 e. The molecule has 1 amide bonds. The Balaban J connectivity index is 1.60. The number of nitrogens with zero attached hydrogens (tertiary/aromatic N) is 4. The first-order chi connectivity index (χ1) is 13.9. The molecule has 0 unspecified atom stereocenters. The molecule has 9 nitrogen and oxygen atoms in total. The first kappa shape index (κ1) is 21.2. The van der Waals surface area contributed by atoms with Gasteiger partial charge in [0.2, 0.25) is 15.9 Å². The largest absolute Gasteiger partial charge is 0.349 e. The normalized spacial score (nSPS) is 15.7. The Morgan fingerprint density at radius 3 is 2.72 bits per heavy atom. The van der Waals surface area contributed by atoms with Crippen molar-refractivity contribution >= 4 is 28.1 Å². The number of nitriles is 1. The molecule has 0 atom stereocenters. The van der Waals surface area contributed by atoms with Crippen molar-refractivity contribution in [2.75, 3.05) is 13.1 Å². The summed E-state index contributed by atoms with van der Waals surface area (Å²) in [5.74, 6) is 0.250. The van der Waals surface area contributed by atoms with Gasteiger partial charge in [0.15, 0.2) is 10.6 Å². The lowest BCUT2D eigenvalue weighted by Gasteiger charge is -2.30. The average molecular weight is 435 g/mol. The van der Waals surface area contributed by atoms with Gasteiger partial charge in [-0.3, -0.25) is 9.89 Å². The molecule has 0 saturated carbocycles. The van der Waals surface area contributed by atoms with Crippen LogP contribution < -0.4 is 5.32 Å². The van der Waals surface area contributed by atoms with Crippen molar-refractivity contribution < 1.29 is 13.2 Å². The molecule has 1 fully saturated rings. The Morgan fingerprint density at radius 1 is 1.38 bits per heavy atom. The van der Waals surface area contributed by atoms with Crippen LogP contribution in [0.2, 0.25) is 0 Å². The van der Waals surface area contributed by atoms with Crippen molar-refractivity contribution in [2.24, 2.45) is 5.92 Å². The van der Waals surface area contributed by atoms with Gasteiger partial charge in [-0.25, -0.2) is 8.42 Å². The lowest BCUT2D eigenvalue weighted by Crippen LogP contribution is -2.43. The van der Waals surface area contributed by atoms with E-state index in [1.807, 2.05) is 13.0 Å². The van der Waals surface area contributed by atoms with Crippen molar-refractivity contribution in [2.45, 2.75) is 37.8 Å². The molecule has 0 radical (unpaired) electrons. The molecule has 1 saturated heterocycles. The number of amides is 1. The van der Waals surface area contributed by atoms with E-state index in [2.05, 4.69) is 15.5 Å². The highest BCUT2D eigenvalue weighted by molar-refractivity contribution is 7.89. The Morgan fingerprint density at radius 2 is 2.07 bits per heavy atom. The van der Waals surface area contributed by atoms with Crippen LogP contribution in [-0.2, 0) is 27.9 Å². The number of carbonyl (C=O) groups is 1. The first-order valence-corrected chi connectivity index (χ1v) is 11.1. The standard InChI is InChI=1S/C18H22N6O3S2/c1-2-24-16(21-22-18(24)28)12-20-17(25)13-7-9-23(10-8-13)29(26,27)15-6-4-3-5-14(15)11-19/h3-6,13H,2,7-10,12H2,1H3,(H,20,25)(H,22,28). The quantitative estimate of drug-likeness (QED) is 0.665. The molecule has 0 bridgehead atoms. The third-order valence-corrected chi connectivity index (χ3v) is 7.29. The number of sulfonamides is 1. The van der Waals surface area contributed by atoms with Gasteiger partial charge >= 0.3 is 0 Å². The van der Waals surface area contributed by atoms with E-state index in [9.17, 15) is 18.5 Å². The van der Waals surface area contributed by atoms with Gasteiger partial charge in [-0.2, -0.15) is 14.7 Å². The van der Waals surface area contributed by atoms with E-state index in [1.165, 1.54) is 16.4 Å². The highest BCUT2D eigenvalue weighted by atomic mass is 32.2. The van der Waals surface area contributed by atoms with Gasteiger partial charge in [0.05, 0.1) is 17.0 Å². The van der Waals surface area contributed by atoms with Crippen LogP contribution in [0.25, 0.3) is 0 Å². The summed E-state index contributed by atoms with van der Waals surface area (Å²) >= 11 is 5.13. The van der Waals surface area contributed by atoms with E-state index in [0.29, 0.717) is 30.0 Å². The number of hydrogen-bond donors (Lipinski definition) is 2. The summed E-state index contributed by atoms with van der Waals surface area (Å²) < 4.78 is 29.4. The molecule has 0 aliphatic carbocycles. The number of piperidine rings is 1. The molecular weight excluding hydrogens is 412 g/mol. The maximum Gasteiger partial charge on any atom is 0.244 e. The minimum absolute atomic E-state index is 0.00720. The predicted molar refractivity (Wildman–Crippen MR) is 108 cm³/mol. The van der Waals surface area contributed by atoms with E-state index in [1.54, 1.807) is 16.7 Å². The Kier molecular flexibility index (Phi) is 6.46. The third kappa shape index (κ3) is 4.39. The average Bonchev–Trinajstić information content (AvgIpc) is 3.11. The van der Waals surface area contributed by atoms with Crippen molar-refractivity contribution in [3.63, 3.8) is 0 Å². The number of H-pyrrole nitrogens is 1. The summed E-state index contributed by atoms with van der Waals surface area (Å²) in [5.41, 5.74) is 0.122. The molecule has 154 valence electrons. The summed E-state index contributed by atoms with van der Waals surface area (Å²) in [5, 5.41) is 18.9. The van der Waals surface area contributed by atoms with Crippen LogP contribution in [-0.4, -0.2) is 46.5 Å². The Bertz CT molecular complexity index is 1090. The molecule has 11 heteroatoms. The fourth-order valence-electron chi connectivity index (χ4n) is 3.40. The summed E-state index contributed by atoms with van der Waals surface area (Å²) in [6.07, 6.45) is 0.834. The fraction of sp³-hybridized carbons (Fsp3) is 0.444. The van der Waals surface area contributed by atoms with Crippen LogP contribution in [0.5, 0.6) is 0 Å². The van der Waals surface area contributed by atoms with Crippen LogP contribution in [0.1, 0.15) is 31.2 Å². The molecule has 29 heavy (non-hydrogen) atoms. The van der Waals surface area contributed by atoms with Gasteiger partial charge in [0, 0.05) is 25.6 Å². The lowest BCUT2D eigenvalue weighted by molar-refractivity contribution is -0.126. The Labute approximate surface area is 174 Å². The second kappa shape index (κ2) is 8.86. The summed E-state index contributed by atoms with van der Waals surface area (Å²) in [4.78, 5) is 12.5. The molecule has 3 rings (SSSR count). The van der Waals surface area contributed by atoms with Gasteiger partial charge in [-0.05, 0) is 44.1 Å². The number of nitrogens with one attached hydrogen (secondary N) is 2. The van der Waals surface area contributed by atoms with E-state index in [-0.39, 0.29) is 41.9 Å². The lowest BCUT2D eigenvalue weighted by atomic mass is 9.97. The second-order valence-corrected chi connectivity index (χ2v) is 8.99. The Hall–Kier alpha value is -2.55. The zero-order chi connectivity index (χ0) is 21.0. The number of benzene rings is 1. The first-order valence-electron chi connectivity index (χ1n) is 9.29. The van der Waals surface area contributed by atoms with Crippen LogP contribution in [0.15, 0.2) is 29.2 Å². The molecule has 2 N–H and O–H groups in total. The zero-order valence-electron chi connectivity index (χ0n) is 16.0. The summed E-state index contributed by atoms with van der Waals surface area (Å²) in [7, 11) is -3.77. The molecule has 1 aliphatic rings. The second-order valence-electron chi connectivity index (χ2n) is 6.69. The van der Waals surface area contributed by atoms with Gasteiger partial charge < -0.3 is 9.88 Å². The molecule has 1 aromatic heterocycles. The van der Waals surface area contributed by atoms with Crippen molar-refractivity contribution in [3.05, 3.63) is 40.4 Å². The number of hydrogen-bond acceptors (Lipinski definition) is 6. The number of aromatic nitrogens is 3. The predicted octanol–water partition coefficient (Wildman–Crippen LogP) is 1.55. The molecule has 0 spiro atoms. The SMILES string of the molecule is CCn1c(CNC(=O)C2CCN(S(=O)(=O)c3ccccc3C#N)CC2)n[nH]c1=S. The summed E-state index contributed by atoms with van der Waals surface area (Å²) in [6, 6.07) is 8.07. The fourth-order valence-corrected chi connectivity index (χ4v) is 5.30. The number of rotatable bonds is 6. The highest BCUT2D eigenvalue weighted by Gasteiger charge is 2.33. The minimum Gasteiger partial charge on any atom is -0.349 e. The van der Waals surface area contributed by atoms with Gasteiger partial charge in [0.1, 0.15) is 6.07 Å². The molecule has 2 heterocycles. The molecule has 1 aliphatic heterocycles. The molecule has 2 aromatic rings. The van der Waals surface area contributed by atoms with Crippen LogP contribution in [0, 0.1) is 22.0 Å². The molecular formula is C18H22N6O3S2. The monoisotopic (exact) mass is 434 g/mol.